The lowest BCUT2D eigenvalue weighted by Gasteiger charge is -2.36. The lowest BCUT2D eigenvalue weighted by molar-refractivity contribution is -0.0979. The van der Waals surface area contributed by atoms with Crippen molar-refractivity contribution in [2.24, 2.45) is 5.92 Å². The van der Waals surface area contributed by atoms with Gasteiger partial charge in [0.2, 0.25) is 0 Å². The number of ether oxygens (including phenoxy) is 1. The fourth-order valence-corrected chi connectivity index (χ4v) is 3.53. The van der Waals surface area contributed by atoms with Gasteiger partial charge in [-0.25, -0.2) is 0 Å². The minimum atomic E-state index is -0.334. The first-order valence-electron chi connectivity index (χ1n) is 11.0. The summed E-state index contributed by atoms with van der Waals surface area (Å²) in [5.74, 6) is 1.51. The molecule has 2 atom stereocenters. The summed E-state index contributed by atoms with van der Waals surface area (Å²) >= 11 is 0. The van der Waals surface area contributed by atoms with Gasteiger partial charge in [0, 0.05) is 6.42 Å². The second-order valence-electron chi connectivity index (χ2n) is 8.12. The van der Waals surface area contributed by atoms with E-state index in [4.69, 9.17) is 9.53 Å². The zero-order chi connectivity index (χ0) is 23.3. The van der Waals surface area contributed by atoms with E-state index >= 15 is 0 Å². The molecule has 0 saturated heterocycles. The second-order valence-corrected chi connectivity index (χ2v) is 8.12. The molecule has 0 aliphatic heterocycles. The van der Waals surface area contributed by atoms with E-state index in [1.807, 2.05) is 19.8 Å². The van der Waals surface area contributed by atoms with Crippen molar-refractivity contribution in [1.82, 2.24) is 0 Å². The Morgan fingerprint density at radius 2 is 1.87 bits per heavy atom. The van der Waals surface area contributed by atoms with Crippen LogP contribution in [0.3, 0.4) is 0 Å². The van der Waals surface area contributed by atoms with Crippen molar-refractivity contribution < 1.29 is 9.53 Å². The zero-order valence-corrected chi connectivity index (χ0v) is 19.7. The van der Waals surface area contributed by atoms with Gasteiger partial charge in [-0.2, -0.15) is 0 Å². The maximum absolute atomic E-state index is 8.00. The van der Waals surface area contributed by atoms with Gasteiger partial charge in [0.1, 0.15) is 18.1 Å². The molecule has 0 bridgehead atoms. The second kappa shape index (κ2) is 13.4. The molecule has 1 unspecified atom stereocenters. The van der Waals surface area contributed by atoms with E-state index in [0.717, 1.165) is 42.6 Å². The summed E-state index contributed by atoms with van der Waals surface area (Å²) in [4.78, 5) is 8.00. The van der Waals surface area contributed by atoms with E-state index in [9.17, 15) is 0 Å². The molecule has 0 N–H and O–H groups in total. The Morgan fingerprint density at radius 3 is 2.42 bits per heavy atom. The number of hydrogen-bond acceptors (Lipinski definition) is 2. The van der Waals surface area contributed by atoms with Crippen LogP contribution in [-0.2, 0) is 4.79 Å². The number of rotatable bonds is 9. The molecule has 31 heavy (non-hydrogen) atoms. The molecule has 0 saturated carbocycles. The van der Waals surface area contributed by atoms with Gasteiger partial charge < -0.3 is 9.53 Å². The van der Waals surface area contributed by atoms with Crippen molar-refractivity contribution in [3.05, 3.63) is 102 Å². The minimum absolute atomic E-state index is 0.334. The fourth-order valence-electron chi connectivity index (χ4n) is 3.53. The molecular formula is C29H38O2. The van der Waals surface area contributed by atoms with Gasteiger partial charge in [-0.1, -0.05) is 86.7 Å². The molecule has 0 aromatic heterocycles. The van der Waals surface area contributed by atoms with Crippen LogP contribution in [-0.4, -0.2) is 12.4 Å². The highest BCUT2D eigenvalue weighted by Gasteiger charge is 2.32. The third-order valence-electron chi connectivity index (χ3n) is 5.42. The van der Waals surface area contributed by atoms with E-state index < -0.39 is 0 Å². The smallest absolute Gasteiger partial charge is 0.131 e. The van der Waals surface area contributed by atoms with Crippen molar-refractivity contribution >= 4 is 6.79 Å². The largest absolute Gasteiger partial charge is 0.483 e. The van der Waals surface area contributed by atoms with Gasteiger partial charge in [-0.05, 0) is 68.4 Å². The topological polar surface area (TPSA) is 26.3 Å². The normalized spacial score (nSPS) is 21.0. The fraction of sp³-hybridized carbons (Fsp3) is 0.345. The van der Waals surface area contributed by atoms with Gasteiger partial charge in [-0.3, -0.25) is 0 Å². The van der Waals surface area contributed by atoms with Crippen LogP contribution in [0.5, 0.6) is 5.75 Å². The SMILES string of the molecule is C=C(/C=C\C(=C)/C(=C/C=C\C)CC)C[C@]1(Oc2ccc(C)cc2)C=CC(C)CC1.C=O. The zero-order valence-electron chi connectivity index (χ0n) is 19.7. The molecule has 2 rings (SSSR count). The van der Waals surface area contributed by atoms with E-state index in [1.54, 1.807) is 0 Å². The van der Waals surface area contributed by atoms with Gasteiger partial charge in [-0.15, -0.1) is 0 Å². The van der Waals surface area contributed by atoms with Crippen molar-refractivity contribution in [3.63, 3.8) is 0 Å². The molecule has 1 aromatic carbocycles. The van der Waals surface area contributed by atoms with Gasteiger partial charge >= 0.3 is 0 Å². The lowest BCUT2D eigenvalue weighted by Crippen LogP contribution is -2.36. The predicted molar refractivity (Wildman–Crippen MR) is 134 cm³/mol. The highest BCUT2D eigenvalue weighted by Crippen LogP contribution is 2.35. The Bertz CT molecular complexity index is 836. The van der Waals surface area contributed by atoms with Crippen molar-refractivity contribution in [3.8, 4) is 5.75 Å². The number of hydrogen-bond donors (Lipinski definition) is 0. The van der Waals surface area contributed by atoms with Crippen molar-refractivity contribution in [2.75, 3.05) is 0 Å². The number of carbonyl (C=O) groups is 1. The molecule has 1 aromatic rings. The van der Waals surface area contributed by atoms with E-state index in [2.05, 4.69) is 94.7 Å². The Hall–Kier alpha value is -2.87. The third kappa shape index (κ3) is 8.80. The van der Waals surface area contributed by atoms with Gasteiger partial charge in [0.15, 0.2) is 0 Å². The van der Waals surface area contributed by atoms with Crippen LogP contribution in [0.2, 0.25) is 0 Å². The average molecular weight is 419 g/mol. The summed E-state index contributed by atoms with van der Waals surface area (Å²) in [5, 5.41) is 0. The average Bonchev–Trinajstić information content (AvgIpc) is 2.78. The van der Waals surface area contributed by atoms with Crippen molar-refractivity contribution in [1.29, 1.82) is 0 Å². The highest BCUT2D eigenvalue weighted by molar-refractivity contribution is 5.41. The first-order valence-corrected chi connectivity index (χ1v) is 11.0. The summed E-state index contributed by atoms with van der Waals surface area (Å²) in [7, 11) is 0. The molecular weight excluding hydrogens is 380 g/mol. The van der Waals surface area contributed by atoms with E-state index in [0.29, 0.717) is 5.92 Å². The predicted octanol–water partition coefficient (Wildman–Crippen LogP) is 7.89. The first kappa shape index (κ1) is 26.2. The lowest BCUT2D eigenvalue weighted by atomic mass is 9.81. The van der Waals surface area contributed by atoms with Crippen LogP contribution in [0.1, 0.15) is 52.0 Å². The molecule has 0 fully saturated rings. The molecule has 1 aliphatic rings. The van der Waals surface area contributed by atoms with Crippen LogP contribution in [0.15, 0.2) is 96.7 Å². The molecule has 1 aliphatic carbocycles. The Balaban J connectivity index is 0.00000233. The highest BCUT2D eigenvalue weighted by atomic mass is 16.5. The molecule has 2 nitrogen and oxygen atoms in total. The quantitative estimate of drug-likeness (QED) is 0.301. The van der Waals surface area contributed by atoms with Crippen LogP contribution in [0.25, 0.3) is 0 Å². The Kier molecular flexibility index (Phi) is 11.3. The Labute approximate surface area is 189 Å². The third-order valence-corrected chi connectivity index (χ3v) is 5.42. The summed E-state index contributed by atoms with van der Waals surface area (Å²) in [6.45, 7) is 19.1. The van der Waals surface area contributed by atoms with Gasteiger partial charge in [0.25, 0.3) is 0 Å². The summed E-state index contributed by atoms with van der Waals surface area (Å²) < 4.78 is 6.52. The van der Waals surface area contributed by atoms with E-state index in [-0.39, 0.29) is 5.60 Å². The number of aryl methyl sites for hydroxylation is 1. The van der Waals surface area contributed by atoms with Crippen LogP contribution in [0.4, 0.5) is 0 Å². The summed E-state index contributed by atoms with van der Waals surface area (Å²) in [6, 6.07) is 8.31. The number of carbonyl (C=O) groups excluding carboxylic acids is 1. The molecule has 0 radical (unpaired) electrons. The molecule has 0 amide bonds. The summed E-state index contributed by atoms with van der Waals surface area (Å²) in [5.41, 5.74) is 4.23. The monoisotopic (exact) mass is 418 g/mol. The molecule has 0 spiro atoms. The van der Waals surface area contributed by atoms with Crippen molar-refractivity contribution in [2.45, 2.75) is 59.0 Å². The molecule has 0 heterocycles. The van der Waals surface area contributed by atoms with Gasteiger partial charge in [0.05, 0.1) is 0 Å². The standard InChI is InChI=1S/C28H36O.CH2O/c1-7-9-10-26(8-2)25(6)14-11-24(5)21-28(19-17-23(4)18-20-28)29-27-15-12-22(3)13-16-27;1-2/h7,9-17,19,23H,5-6,8,18,20-21H2,1-4H3;1H2/b9-7-,14-11-,26-10+;/t23?,28-;/m0./s1. The first-order chi connectivity index (χ1) is 14.9. The number of allylic oxidation sites excluding steroid dienone is 8. The maximum atomic E-state index is 8.00. The van der Waals surface area contributed by atoms with Crippen LogP contribution < -0.4 is 4.74 Å². The summed E-state index contributed by atoms with van der Waals surface area (Å²) in [6.07, 6.45) is 18.8. The van der Waals surface area contributed by atoms with E-state index in [1.165, 1.54) is 11.1 Å². The van der Waals surface area contributed by atoms with Crippen LogP contribution >= 0.6 is 0 Å². The maximum Gasteiger partial charge on any atom is 0.131 e. The van der Waals surface area contributed by atoms with Crippen LogP contribution in [0, 0.1) is 12.8 Å². The molecule has 166 valence electrons. The minimum Gasteiger partial charge on any atom is -0.483 e. The molecule has 2 heteroatoms. The number of benzene rings is 1. The Morgan fingerprint density at radius 1 is 1.19 bits per heavy atom.